The van der Waals surface area contributed by atoms with E-state index in [2.05, 4.69) is 20.6 Å². The number of rotatable bonds is 7. The number of hydrogen-bond donors (Lipinski definition) is 2. The molecule has 2 heterocycles. The number of ether oxygens (including phenoxy) is 1. The Labute approximate surface area is 165 Å². The Balaban J connectivity index is 1.71. The van der Waals surface area contributed by atoms with Crippen molar-refractivity contribution in [3.05, 3.63) is 42.0 Å². The number of carbonyl (C=O) groups is 2. The molecule has 28 heavy (non-hydrogen) atoms. The monoisotopic (exact) mass is 401 g/mol. The van der Waals surface area contributed by atoms with Crippen LogP contribution in [0.4, 0.5) is 5.69 Å². The quantitative estimate of drug-likeness (QED) is 0.568. The number of nitrogens with two attached hydrogens (primary N) is 1. The zero-order valence-corrected chi connectivity index (χ0v) is 16.4. The lowest BCUT2D eigenvalue weighted by Crippen LogP contribution is -2.19. The van der Waals surface area contributed by atoms with E-state index in [0.717, 1.165) is 11.4 Å². The average Bonchev–Trinajstić information content (AvgIpc) is 3.22. The molecular formula is C17H19N7O3S. The van der Waals surface area contributed by atoms with Gasteiger partial charge in [-0.3, -0.25) is 18.8 Å². The zero-order valence-electron chi connectivity index (χ0n) is 15.5. The van der Waals surface area contributed by atoms with Crippen molar-refractivity contribution in [3.63, 3.8) is 0 Å². The molecule has 0 aliphatic rings. The van der Waals surface area contributed by atoms with Crippen LogP contribution in [-0.4, -0.2) is 49.2 Å². The molecule has 0 fully saturated rings. The van der Waals surface area contributed by atoms with Gasteiger partial charge in [-0.05, 0) is 31.2 Å². The second-order valence-corrected chi connectivity index (χ2v) is 6.77. The highest BCUT2D eigenvalue weighted by atomic mass is 32.2. The van der Waals surface area contributed by atoms with Gasteiger partial charge in [0.1, 0.15) is 11.6 Å². The molecule has 0 saturated carbocycles. The Kier molecular flexibility index (Phi) is 5.64. The van der Waals surface area contributed by atoms with Crippen molar-refractivity contribution in [2.45, 2.75) is 12.1 Å². The molecular weight excluding hydrogens is 382 g/mol. The lowest BCUT2D eigenvalue weighted by molar-refractivity contribution is -0.113. The van der Waals surface area contributed by atoms with Crippen LogP contribution in [0.15, 0.2) is 35.6 Å². The molecule has 0 atom stereocenters. The van der Waals surface area contributed by atoms with Crippen LogP contribution in [0, 0.1) is 6.92 Å². The first-order valence-electron chi connectivity index (χ1n) is 8.21. The number of benzene rings is 1. The predicted octanol–water partition coefficient (Wildman–Crippen LogP) is 1.15. The molecule has 3 N–H and O–H groups in total. The Morgan fingerprint density at radius 2 is 1.96 bits per heavy atom. The Bertz CT molecular complexity index is 1010. The molecule has 0 aliphatic carbocycles. The largest absolute Gasteiger partial charge is 0.497 e. The van der Waals surface area contributed by atoms with Crippen LogP contribution in [0.2, 0.25) is 0 Å². The van der Waals surface area contributed by atoms with Gasteiger partial charge in [-0.2, -0.15) is 5.10 Å². The third-order valence-corrected chi connectivity index (χ3v) is 4.72. The molecule has 3 aromatic rings. The molecule has 2 amide bonds. The van der Waals surface area contributed by atoms with Crippen LogP contribution in [0.5, 0.6) is 5.75 Å². The predicted molar refractivity (Wildman–Crippen MR) is 104 cm³/mol. The first kappa shape index (κ1) is 19.4. The maximum Gasteiger partial charge on any atom is 0.271 e. The fourth-order valence-corrected chi connectivity index (χ4v) is 3.34. The second kappa shape index (κ2) is 8.13. The van der Waals surface area contributed by atoms with Gasteiger partial charge in [0.25, 0.3) is 5.91 Å². The van der Waals surface area contributed by atoms with Gasteiger partial charge in [-0.25, -0.2) is 0 Å². The third-order valence-electron chi connectivity index (χ3n) is 3.79. The van der Waals surface area contributed by atoms with Crippen LogP contribution in [0.3, 0.4) is 0 Å². The van der Waals surface area contributed by atoms with Crippen molar-refractivity contribution < 1.29 is 14.3 Å². The van der Waals surface area contributed by atoms with Gasteiger partial charge < -0.3 is 15.8 Å². The summed E-state index contributed by atoms with van der Waals surface area (Å²) < 4.78 is 8.43. The first-order valence-corrected chi connectivity index (χ1v) is 9.20. The lowest BCUT2D eigenvalue weighted by Gasteiger charge is -2.09. The van der Waals surface area contributed by atoms with Crippen molar-refractivity contribution in [1.82, 2.24) is 24.5 Å². The Hall–Kier alpha value is -3.34. The Morgan fingerprint density at radius 1 is 1.25 bits per heavy atom. The summed E-state index contributed by atoms with van der Waals surface area (Å²) in [5.74, 6) is 0.475. The molecule has 0 unspecified atom stereocenters. The summed E-state index contributed by atoms with van der Waals surface area (Å²) in [6, 6.07) is 7.44. The van der Waals surface area contributed by atoms with Crippen molar-refractivity contribution in [2.24, 2.45) is 12.8 Å². The molecule has 0 radical (unpaired) electrons. The molecule has 2 aromatic heterocycles. The number of nitrogens with zero attached hydrogens (tertiary/aromatic N) is 5. The minimum absolute atomic E-state index is 0.0121. The minimum Gasteiger partial charge on any atom is -0.497 e. The summed E-state index contributed by atoms with van der Waals surface area (Å²) in [6.45, 7) is 1.83. The number of aryl methyl sites for hydroxylation is 2. The summed E-state index contributed by atoms with van der Waals surface area (Å²) in [4.78, 5) is 23.7. The normalized spacial score (nSPS) is 10.7. The number of nitrogens with one attached hydrogen (secondary N) is 1. The maximum absolute atomic E-state index is 12.3. The van der Waals surface area contributed by atoms with E-state index in [1.165, 1.54) is 22.6 Å². The number of primary amides is 1. The van der Waals surface area contributed by atoms with Crippen LogP contribution in [-0.2, 0) is 11.8 Å². The zero-order chi connectivity index (χ0) is 20.3. The topological polar surface area (TPSA) is 130 Å². The molecule has 146 valence electrons. The number of thioether (sulfide) groups is 1. The first-order chi connectivity index (χ1) is 13.4. The molecule has 0 spiro atoms. The number of amides is 2. The summed E-state index contributed by atoms with van der Waals surface area (Å²) in [5, 5.41) is 15.4. The summed E-state index contributed by atoms with van der Waals surface area (Å²) in [5.41, 5.74) is 6.41. The van der Waals surface area contributed by atoms with Crippen molar-refractivity contribution in [1.29, 1.82) is 0 Å². The lowest BCUT2D eigenvalue weighted by atomic mass is 10.3. The second-order valence-electron chi connectivity index (χ2n) is 5.83. The highest BCUT2D eigenvalue weighted by molar-refractivity contribution is 7.99. The van der Waals surface area contributed by atoms with E-state index in [0.29, 0.717) is 11.0 Å². The van der Waals surface area contributed by atoms with E-state index >= 15 is 0 Å². The maximum atomic E-state index is 12.3. The minimum atomic E-state index is -0.710. The smallest absolute Gasteiger partial charge is 0.271 e. The molecule has 0 bridgehead atoms. The van der Waals surface area contributed by atoms with Gasteiger partial charge in [0.2, 0.25) is 5.91 Å². The number of carbonyl (C=O) groups excluding carboxylic acids is 2. The molecule has 0 aliphatic heterocycles. The van der Waals surface area contributed by atoms with Crippen LogP contribution in [0.25, 0.3) is 5.69 Å². The van der Waals surface area contributed by atoms with Gasteiger partial charge in [-0.1, -0.05) is 11.8 Å². The van der Waals surface area contributed by atoms with E-state index in [1.807, 2.05) is 35.8 Å². The molecule has 11 heteroatoms. The Morgan fingerprint density at radius 3 is 2.61 bits per heavy atom. The van der Waals surface area contributed by atoms with E-state index in [4.69, 9.17) is 10.5 Å². The highest BCUT2D eigenvalue weighted by Crippen LogP contribution is 2.24. The highest BCUT2D eigenvalue weighted by Gasteiger charge is 2.17. The van der Waals surface area contributed by atoms with E-state index < -0.39 is 5.91 Å². The van der Waals surface area contributed by atoms with Gasteiger partial charge in [0, 0.05) is 18.9 Å². The summed E-state index contributed by atoms with van der Waals surface area (Å²) >= 11 is 1.22. The van der Waals surface area contributed by atoms with Crippen LogP contribution in [0.1, 0.15) is 16.3 Å². The van der Waals surface area contributed by atoms with Gasteiger partial charge in [-0.15, -0.1) is 10.2 Å². The van der Waals surface area contributed by atoms with Crippen molar-refractivity contribution in [3.8, 4) is 11.4 Å². The average molecular weight is 401 g/mol. The van der Waals surface area contributed by atoms with Gasteiger partial charge in [0.05, 0.1) is 18.6 Å². The third kappa shape index (κ3) is 4.14. The number of anilines is 1. The fraction of sp³-hybridized carbons (Fsp3) is 0.235. The summed E-state index contributed by atoms with van der Waals surface area (Å²) in [7, 11) is 3.24. The molecule has 10 nitrogen and oxygen atoms in total. The fourth-order valence-electron chi connectivity index (χ4n) is 2.54. The van der Waals surface area contributed by atoms with Gasteiger partial charge >= 0.3 is 0 Å². The molecule has 0 saturated heterocycles. The van der Waals surface area contributed by atoms with E-state index in [1.54, 1.807) is 14.2 Å². The van der Waals surface area contributed by atoms with Crippen molar-refractivity contribution in [2.75, 3.05) is 18.2 Å². The van der Waals surface area contributed by atoms with Crippen LogP contribution < -0.4 is 15.8 Å². The van der Waals surface area contributed by atoms with E-state index in [-0.39, 0.29) is 23.0 Å². The number of methoxy groups -OCH3 is 1. The summed E-state index contributed by atoms with van der Waals surface area (Å²) in [6.07, 6.45) is 1.52. The van der Waals surface area contributed by atoms with Gasteiger partial charge in [0.15, 0.2) is 10.9 Å². The number of hydrogen-bond acceptors (Lipinski definition) is 7. The van der Waals surface area contributed by atoms with E-state index in [9.17, 15) is 9.59 Å². The SMILES string of the molecule is COc1ccc(-n2c(C)nnc2SCC(=O)Nc2cn(C)nc2C(N)=O)cc1. The molecule has 1 aromatic carbocycles. The molecule has 3 rings (SSSR count). The number of aromatic nitrogens is 5. The van der Waals surface area contributed by atoms with Crippen LogP contribution >= 0.6 is 11.8 Å². The van der Waals surface area contributed by atoms with Crippen molar-refractivity contribution >= 4 is 29.3 Å². The standard InChI is InChI=1S/C17H19N7O3S/c1-10-20-21-17(24(10)11-4-6-12(27-3)7-5-11)28-9-14(25)19-13-8-23(2)22-15(13)16(18)26/h4-8H,9H2,1-3H3,(H2,18,26)(H,19,25).